The summed E-state index contributed by atoms with van der Waals surface area (Å²) in [6, 6.07) is 10.1. The van der Waals surface area contributed by atoms with Gasteiger partial charge in [-0.1, -0.05) is 44.2 Å². The maximum absolute atomic E-state index is 12.0. The van der Waals surface area contributed by atoms with Crippen molar-refractivity contribution in [3.05, 3.63) is 35.9 Å². The summed E-state index contributed by atoms with van der Waals surface area (Å²) in [5.41, 5.74) is 1.03. The fourth-order valence-corrected chi connectivity index (χ4v) is 2.51. The van der Waals surface area contributed by atoms with Crippen LogP contribution in [0.4, 0.5) is 4.79 Å². The molecule has 18 heavy (non-hydrogen) atoms. The molecule has 0 radical (unpaired) electrons. The minimum atomic E-state index is -0.171. The lowest BCUT2D eigenvalue weighted by atomic mass is 10.0. The van der Waals surface area contributed by atoms with Gasteiger partial charge in [-0.3, -0.25) is 0 Å². The normalized spacial score (nSPS) is 19.3. The van der Waals surface area contributed by atoms with Gasteiger partial charge in [-0.15, -0.1) is 0 Å². The monoisotopic (exact) mass is 247 g/mol. The van der Waals surface area contributed by atoms with E-state index in [2.05, 4.69) is 13.8 Å². The predicted molar refractivity (Wildman–Crippen MR) is 71.2 cm³/mol. The molecular formula is C15H21NO2. The number of nitrogens with zero attached hydrogens (tertiary/aromatic N) is 1. The van der Waals surface area contributed by atoms with E-state index in [1.165, 1.54) is 0 Å². The highest BCUT2D eigenvalue weighted by Crippen LogP contribution is 2.24. The number of ether oxygens (including phenoxy) is 1. The lowest BCUT2D eigenvalue weighted by molar-refractivity contribution is 0.0848. The van der Waals surface area contributed by atoms with Crippen LogP contribution in [0.5, 0.6) is 0 Å². The second-order valence-corrected chi connectivity index (χ2v) is 5.19. The van der Waals surface area contributed by atoms with Crippen LogP contribution in [0, 0.1) is 5.92 Å². The van der Waals surface area contributed by atoms with Gasteiger partial charge in [0.1, 0.15) is 6.61 Å². The Morgan fingerprint density at radius 3 is 2.78 bits per heavy atom. The predicted octanol–water partition coefficient (Wildman–Crippen LogP) is 3.44. The molecule has 0 saturated carbocycles. The average molecular weight is 247 g/mol. The minimum absolute atomic E-state index is 0.171. The van der Waals surface area contributed by atoms with Crippen molar-refractivity contribution in [1.82, 2.24) is 4.90 Å². The van der Waals surface area contributed by atoms with E-state index < -0.39 is 0 Å². The van der Waals surface area contributed by atoms with Crippen molar-refractivity contribution in [2.45, 2.75) is 39.3 Å². The third kappa shape index (κ3) is 3.03. The standard InChI is InChI=1S/C15H21NO2/c1-12(2)14-9-6-10-16(14)15(17)18-11-13-7-4-3-5-8-13/h3-5,7-8,12,14H,6,9-11H2,1-2H3. The van der Waals surface area contributed by atoms with Gasteiger partial charge in [0.2, 0.25) is 0 Å². The highest BCUT2D eigenvalue weighted by atomic mass is 16.6. The molecule has 1 atom stereocenters. The Morgan fingerprint density at radius 2 is 2.11 bits per heavy atom. The number of hydrogen-bond acceptors (Lipinski definition) is 2. The minimum Gasteiger partial charge on any atom is -0.445 e. The molecule has 1 heterocycles. The van der Waals surface area contributed by atoms with Crippen molar-refractivity contribution in [2.24, 2.45) is 5.92 Å². The van der Waals surface area contributed by atoms with Crippen LogP contribution in [0.1, 0.15) is 32.3 Å². The maximum Gasteiger partial charge on any atom is 0.410 e. The van der Waals surface area contributed by atoms with Gasteiger partial charge in [0.05, 0.1) is 0 Å². The first-order chi connectivity index (χ1) is 8.68. The van der Waals surface area contributed by atoms with E-state index >= 15 is 0 Å². The first-order valence-electron chi connectivity index (χ1n) is 6.66. The van der Waals surface area contributed by atoms with Gasteiger partial charge in [0.15, 0.2) is 0 Å². The molecule has 1 aliphatic rings. The van der Waals surface area contributed by atoms with Crippen LogP contribution in [0.3, 0.4) is 0 Å². The van der Waals surface area contributed by atoms with Gasteiger partial charge in [0.25, 0.3) is 0 Å². The molecule has 98 valence electrons. The van der Waals surface area contributed by atoms with Gasteiger partial charge < -0.3 is 9.64 Å². The third-order valence-electron chi connectivity index (χ3n) is 3.51. The number of hydrogen-bond donors (Lipinski definition) is 0. The molecule has 1 aliphatic heterocycles. The Kier molecular flexibility index (Phi) is 4.24. The van der Waals surface area contributed by atoms with E-state index in [0.717, 1.165) is 24.9 Å². The van der Waals surface area contributed by atoms with Gasteiger partial charge in [-0.25, -0.2) is 4.79 Å². The fraction of sp³-hybridized carbons (Fsp3) is 0.533. The summed E-state index contributed by atoms with van der Waals surface area (Å²) in [6.07, 6.45) is 2.01. The molecule has 1 unspecified atom stereocenters. The summed E-state index contributed by atoms with van der Waals surface area (Å²) < 4.78 is 5.38. The lowest BCUT2D eigenvalue weighted by Crippen LogP contribution is -2.38. The highest BCUT2D eigenvalue weighted by Gasteiger charge is 2.31. The second-order valence-electron chi connectivity index (χ2n) is 5.19. The van der Waals surface area contributed by atoms with Crippen molar-refractivity contribution in [1.29, 1.82) is 0 Å². The van der Waals surface area contributed by atoms with Crippen molar-refractivity contribution in [2.75, 3.05) is 6.54 Å². The Balaban J connectivity index is 1.88. The Morgan fingerprint density at radius 1 is 1.39 bits per heavy atom. The summed E-state index contributed by atoms with van der Waals surface area (Å²) in [4.78, 5) is 13.9. The van der Waals surface area contributed by atoms with E-state index in [4.69, 9.17) is 4.74 Å². The zero-order chi connectivity index (χ0) is 13.0. The molecule has 0 N–H and O–H groups in total. The quantitative estimate of drug-likeness (QED) is 0.818. The Labute approximate surface area is 109 Å². The smallest absolute Gasteiger partial charge is 0.410 e. The van der Waals surface area contributed by atoms with Gasteiger partial charge in [-0.2, -0.15) is 0 Å². The average Bonchev–Trinajstić information content (AvgIpc) is 2.86. The zero-order valence-corrected chi connectivity index (χ0v) is 11.1. The largest absolute Gasteiger partial charge is 0.445 e. The number of carbonyl (C=O) groups excluding carboxylic acids is 1. The Bertz CT molecular complexity index is 389. The number of carbonyl (C=O) groups is 1. The molecule has 0 spiro atoms. The van der Waals surface area contributed by atoms with Crippen molar-refractivity contribution in [3.63, 3.8) is 0 Å². The van der Waals surface area contributed by atoms with Crippen molar-refractivity contribution < 1.29 is 9.53 Å². The van der Waals surface area contributed by atoms with Crippen LogP contribution >= 0.6 is 0 Å². The van der Waals surface area contributed by atoms with E-state index in [1.54, 1.807) is 0 Å². The zero-order valence-electron chi connectivity index (χ0n) is 11.1. The number of benzene rings is 1. The van der Waals surface area contributed by atoms with Crippen LogP contribution < -0.4 is 0 Å². The van der Waals surface area contributed by atoms with Crippen LogP contribution in [-0.4, -0.2) is 23.6 Å². The fourth-order valence-electron chi connectivity index (χ4n) is 2.51. The summed E-state index contributed by atoms with van der Waals surface area (Å²) in [5, 5.41) is 0. The lowest BCUT2D eigenvalue weighted by Gasteiger charge is -2.26. The van der Waals surface area contributed by atoms with Gasteiger partial charge >= 0.3 is 6.09 Å². The maximum atomic E-state index is 12.0. The highest BCUT2D eigenvalue weighted by molar-refractivity contribution is 5.68. The van der Waals surface area contributed by atoms with Crippen molar-refractivity contribution >= 4 is 6.09 Å². The molecule has 2 rings (SSSR count). The van der Waals surface area contributed by atoms with Gasteiger partial charge in [0, 0.05) is 12.6 Å². The van der Waals surface area contributed by atoms with Crippen LogP contribution in [0.2, 0.25) is 0 Å². The molecule has 3 nitrogen and oxygen atoms in total. The molecule has 3 heteroatoms. The molecule has 0 aliphatic carbocycles. The molecule has 1 aromatic carbocycles. The number of rotatable bonds is 3. The molecular weight excluding hydrogens is 226 g/mol. The second kappa shape index (κ2) is 5.89. The molecule has 0 bridgehead atoms. The molecule has 1 fully saturated rings. The molecule has 1 amide bonds. The van der Waals surface area contributed by atoms with Crippen LogP contribution in [0.25, 0.3) is 0 Å². The van der Waals surface area contributed by atoms with E-state index in [1.807, 2.05) is 35.2 Å². The Hall–Kier alpha value is -1.51. The van der Waals surface area contributed by atoms with Crippen LogP contribution in [-0.2, 0) is 11.3 Å². The molecule has 0 aromatic heterocycles. The summed E-state index contributed by atoms with van der Waals surface area (Å²) in [7, 11) is 0. The molecule has 1 saturated heterocycles. The van der Waals surface area contributed by atoms with Crippen LogP contribution in [0.15, 0.2) is 30.3 Å². The van der Waals surface area contributed by atoms with Gasteiger partial charge in [-0.05, 0) is 24.3 Å². The van der Waals surface area contributed by atoms with Crippen molar-refractivity contribution in [3.8, 4) is 0 Å². The topological polar surface area (TPSA) is 29.5 Å². The van der Waals surface area contributed by atoms with E-state index in [-0.39, 0.29) is 6.09 Å². The molecule has 1 aromatic rings. The third-order valence-corrected chi connectivity index (χ3v) is 3.51. The number of amides is 1. The SMILES string of the molecule is CC(C)C1CCCN1C(=O)OCc1ccccc1. The summed E-state index contributed by atoms with van der Waals surface area (Å²) in [5.74, 6) is 0.497. The van der Waals surface area contributed by atoms with E-state index in [9.17, 15) is 4.79 Å². The first kappa shape index (κ1) is 12.9. The summed E-state index contributed by atoms with van der Waals surface area (Å²) in [6.45, 7) is 5.51. The van der Waals surface area contributed by atoms with E-state index in [0.29, 0.717) is 18.6 Å². The first-order valence-corrected chi connectivity index (χ1v) is 6.66. The summed E-state index contributed by atoms with van der Waals surface area (Å²) >= 11 is 0. The number of likely N-dealkylation sites (tertiary alicyclic amines) is 1.